The van der Waals surface area contributed by atoms with Crippen molar-refractivity contribution >= 4 is 17.2 Å². The van der Waals surface area contributed by atoms with Gasteiger partial charge in [0.1, 0.15) is 0 Å². The lowest BCUT2D eigenvalue weighted by molar-refractivity contribution is 0.0769. The summed E-state index contributed by atoms with van der Waals surface area (Å²) in [7, 11) is 0. The number of carbonyl (C=O) groups excluding carboxylic acids is 1. The number of likely N-dealkylation sites (tertiary alicyclic amines) is 1. The maximum atomic E-state index is 12.6. The summed E-state index contributed by atoms with van der Waals surface area (Å²) >= 11 is 1.55. The SMILES string of the molecule is CC[C@]12C[C@H]1CN(C(=O)c1ccc(-c3ccccn3)s1)C2. The average molecular weight is 298 g/mol. The summed E-state index contributed by atoms with van der Waals surface area (Å²) < 4.78 is 0. The second-order valence-electron chi connectivity index (χ2n) is 6.18. The maximum absolute atomic E-state index is 12.6. The minimum absolute atomic E-state index is 0.196. The molecule has 21 heavy (non-hydrogen) atoms. The topological polar surface area (TPSA) is 33.2 Å². The number of rotatable bonds is 3. The molecule has 2 aliphatic rings. The molecule has 0 aromatic carbocycles. The van der Waals surface area contributed by atoms with E-state index in [1.165, 1.54) is 12.8 Å². The van der Waals surface area contributed by atoms with Crippen molar-refractivity contribution in [2.75, 3.05) is 13.1 Å². The molecule has 1 aliphatic heterocycles. The molecule has 0 spiro atoms. The van der Waals surface area contributed by atoms with Crippen LogP contribution in [0.25, 0.3) is 10.6 Å². The summed E-state index contributed by atoms with van der Waals surface area (Å²) in [5, 5.41) is 0. The van der Waals surface area contributed by atoms with E-state index in [-0.39, 0.29) is 5.91 Å². The standard InChI is InChI=1S/C17H18N2OS/c1-2-17-9-12(17)10-19(11-17)16(20)15-7-6-14(21-15)13-5-3-4-8-18-13/h3-8,12H,2,9-11H2,1H3/t12-,17+/m0/s1. The van der Waals surface area contributed by atoms with E-state index in [0.29, 0.717) is 5.41 Å². The van der Waals surface area contributed by atoms with Crippen LogP contribution in [0.1, 0.15) is 29.4 Å². The summed E-state index contributed by atoms with van der Waals surface area (Å²) in [6, 6.07) is 9.82. The van der Waals surface area contributed by atoms with Gasteiger partial charge in [0.2, 0.25) is 0 Å². The quantitative estimate of drug-likeness (QED) is 0.866. The van der Waals surface area contributed by atoms with Gasteiger partial charge in [0, 0.05) is 19.3 Å². The van der Waals surface area contributed by atoms with Crippen LogP contribution in [0, 0.1) is 11.3 Å². The lowest BCUT2D eigenvalue weighted by Crippen LogP contribution is -2.31. The van der Waals surface area contributed by atoms with Gasteiger partial charge in [-0.05, 0) is 48.4 Å². The fourth-order valence-electron chi connectivity index (χ4n) is 3.55. The van der Waals surface area contributed by atoms with Crippen LogP contribution >= 0.6 is 11.3 Å². The highest BCUT2D eigenvalue weighted by Gasteiger charge is 2.59. The van der Waals surface area contributed by atoms with Crippen molar-refractivity contribution in [1.82, 2.24) is 9.88 Å². The second kappa shape index (κ2) is 4.67. The lowest BCUT2D eigenvalue weighted by atomic mass is 10.0. The molecular formula is C17H18N2OS. The minimum Gasteiger partial charge on any atom is -0.337 e. The van der Waals surface area contributed by atoms with Crippen LogP contribution < -0.4 is 0 Å². The summed E-state index contributed by atoms with van der Waals surface area (Å²) in [6.45, 7) is 4.14. The Balaban J connectivity index is 1.53. The molecule has 0 N–H and O–H groups in total. The zero-order valence-electron chi connectivity index (χ0n) is 12.1. The van der Waals surface area contributed by atoms with Gasteiger partial charge in [-0.3, -0.25) is 9.78 Å². The number of hydrogen-bond acceptors (Lipinski definition) is 3. The molecule has 2 aromatic heterocycles. The van der Waals surface area contributed by atoms with Crippen LogP contribution in [0.2, 0.25) is 0 Å². The lowest BCUT2D eigenvalue weighted by Gasteiger charge is -2.19. The molecule has 1 saturated carbocycles. The molecule has 4 rings (SSSR count). The first-order valence-electron chi connectivity index (χ1n) is 7.52. The van der Waals surface area contributed by atoms with Gasteiger partial charge in [-0.2, -0.15) is 0 Å². The van der Waals surface area contributed by atoms with E-state index < -0.39 is 0 Å². The van der Waals surface area contributed by atoms with E-state index in [1.54, 1.807) is 17.5 Å². The molecule has 1 saturated heterocycles. The number of thiophene rings is 1. The minimum atomic E-state index is 0.196. The first-order valence-corrected chi connectivity index (χ1v) is 8.34. The van der Waals surface area contributed by atoms with E-state index in [4.69, 9.17) is 0 Å². The molecular weight excluding hydrogens is 280 g/mol. The number of pyridine rings is 1. The average Bonchev–Trinajstić information content (AvgIpc) is 2.93. The Bertz CT molecular complexity index is 677. The van der Waals surface area contributed by atoms with Gasteiger partial charge in [-0.25, -0.2) is 0 Å². The van der Waals surface area contributed by atoms with Gasteiger partial charge < -0.3 is 4.90 Å². The van der Waals surface area contributed by atoms with Crippen molar-refractivity contribution in [1.29, 1.82) is 0 Å². The maximum Gasteiger partial charge on any atom is 0.263 e. The predicted octanol–water partition coefficient (Wildman–Crippen LogP) is 3.68. The largest absolute Gasteiger partial charge is 0.337 e. The highest BCUT2D eigenvalue weighted by Crippen LogP contribution is 2.60. The van der Waals surface area contributed by atoms with E-state index in [2.05, 4.69) is 11.9 Å². The zero-order valence-corrected chi connectivity index (χ0v) is 12.9. The Morgan fingerprint density at radius 2 is 2.33 bits per heavy atom. The van der Waals surface area contributed by atoms with Crippen LogP contribution in [-0.2, 0) is 0 Å². The second-order valence-corrected chi connectivity index (χ2v) is 7.27. The Hall–Kier alpha value is -1.68. The van der Waals surface area contributed by atoms with Gasteiger partial charge in [0.15, 0.2) is 0 Å². The molecule has 3 heterocycles. The summed E-state index contributed by atoms with van der Waals surface area (Å²) in [5.74, 6) is 0.948. The molecule has 1 amide bonds. The van der Waals surface area contributed by atoms with Crippen molar-refractivity contribution in [2.24, 2.45) is 11.3 Å². The third-order valence-corrected chi connectivity index (χ3v) is 6.13. The van der Waals surface area contributed by atoms with Crippen LogP contribution in [-0.4, -0.2) is 28.9 Å². The highest BCUT2D eigenvalue weighted by molar-refractivity contribution is 7.17. The van der Waals surface area contributed by atoms with Gasteiger partial charge in [-0.1, -0.05) is 13.0 Å². The summed E-state index contributed by atoms with van der Waals surface area (Å²) in [5.41, 5.74) is 1.40. The first kappa shape index (κ1) is 13.0. The van der Waals surface area contributed by atoms with Gasteiger partial charge in [-0.15, -0.1) is 11.3 Å². The summed E-state index contributed by atoms with van der Waals surface area (Å²) in [4.78, 5) is 20.9. The first-order chi connectivity index (χ1) is 10.2. The van der Waals surface area contributed by atoms with Crippen LogP contribution in [0.15, 0.2) is 36.5 Å². The number of fused-ring (bicyclic) bond motifs is 1. The third kappa shape index (κ3) is 2.09. The van der Waals surface area contributed by atoms with Crippen LogP contribution in [0.4, 0.5) is 0 Å². The van der Waals surface area contributed by atoms with E-state index in [1.807, 2.05) is 35.2 Å². The van der Waals surface area contributed by atoms with Crippen molar-refractivity contribution in [2.45, 2.75) is 19.8 Å². The Kier molecular flexibility index (Phi) is 2.89. The summed E-state index contributed by atoms with van der Waals surface area (Å²) in [6.07, 6.45) is 4.30. The molecule has 3 nitrogen and oxygen atoms in total. The van der Waals surface area contributed by atoms with E-state index in [9.17, 15) is 4.79 Å². The van der Waals surface area contributed by atoms with Crippen molar-refractivity contribution in [3.8, 4) is 10.6 Å². The predicted molar refractivity (Wildman–Crippen MR) is 84.3 cm³/mol. The number of piperidine rings is 1. The normalized spacial score (nSPS) is 26.7. The highest BCUT2D eigenvalue weighted by atomic mass is 32.1. The van der Waals surface area contributed by atoms with E-state index in [0.717, 1.165) is 34.5 Å². The molecule has 0 bridgehead atoms. The molecule has 1 aliphatic carbocycles. The molecule has 0 unspecified atom stereocenters. The molecule has 4 heteroatoms. The molecule has 2 fully saturated rings. The van der Waals surface area contributed by atoms with Crippen molar-refractivity contribution in [3.05, 3.63) is 41.4 Å². The molecule has 0 radical (unpaired) electrons. The van der Waals surface area contributed by atoms with Gasteiger partial charge in [0.25, 0.3) is 5.91 Å². The Labute approximate surface area is 128 Å². The van der Waals surface area contributed by atoms with Gasteiger partial charge >= 0.3 is 0 Å². The Morgan fingerprint density at radius 1 is 1.43 bits per heavy atom. The molecule has 2 atom stereocenters. The fraction of sp³-hybridized carbons (Fsp3) is 0.412. The van der Waals surface area contributed by atoms with Gasteiger partial charge in [0.05, 0.1) is 15.4 Å². The van der Waals surface area contributed by atoms with E-state index >= 15 is 0 Å². The number of amides is 1. The smallest absolute Gasteiger partial charge is 0.263 e. The molecule has 2 aromatic rings. The van der Waals surface area contributed by atoms with Crippen LogP contribution in [0.3, 0.4) is 0 Å². The number of carbonyl (C=O) groups is 1. The monoisotopic (exact) mass is 298 g/mol. The third-order valence-electron chi connectivity index (χ3n) is 5.03. The number of hydrogen-bond donors (Lipinski definition) is 0. The van der Waals surface area contributed by atoms with Crippen molar-refractivity contribution < 1.29 is 4.79 Å². The van der Waals surface area contributed by atoms with Crippen LogP contribution in [0.5, 0.6) is 0 Å². The Morgan fingerprint density at radius 3 is 3.05 bits per heavy atom. The zero-order chi connectivity index (χ0) is 14.4. The molecule has 108 valence electrons. The number of nitrogens with zero attached hydrogens (tertiary/aromatic N) is 2. The van der Waals surface area contributed by atoms with Crippen molar-refractivity contribution in [3.63, 3.8) is 0 Å². The number of aromatic nitrogens is 1. The fourth-order valence-corrected chi connectivity index (χ4v) is 4.50.